The molecule has 0 bridgehead atoms. The molecule has 0 aromatic heterocycles. The SMILES string of the molecule is C[C@@H]1CN(C(=O)N2CCOC3CCCC32)C[C@H]1C(=O)O. The molecule has 0 aromatic carbocycles. The van der Waals surface area contributed by atoms with E-state index in [9.17, 15) is 14.7 Å². The summed E-state index contributed by atoms with van der Waals surface area (Å²) < 4.78 is 5.72. The number of carboxylic acid groups (broad SMARTS) is 1. The minimum absolute atomic E-state index is 0.000741. The van der Waals surface area contributed by atoms with Crippen LogP contribution in [0.25, 0.3) is 0 Å². The number of carbonyl (C=O) groups excluding carboxylic acids is 1. The monoisotopic (exact) mass is 282 g/mol. The molecule has 0 spiro atoms. The highest BCUT2D eigenvalue weighted by Crippen LogP contribution is 2.32. The van der Waals surface area contributed by atoms with Gasteiger partial charge in [0.1, 0.15) is 0 Å². The van der Waals surface area contributed by atoms with Crippen molar-refractivity contribution in [3.8, 4) is 0 Å². The van der Waals surface area contributed by atoms with Crippen LogP contribution in [-0.2, 0) is 9.53 Å². The molecule has 2 heterocycles. The van der Waals surface area contributed by atoms with Crippen molar-refractivity contribution in [3.05, 3.63) is 0 Å². The fourth-order valence-electron chi connectivity index (χ4n) is 3.79. The van der Waals surface area contributed by atoms with Gasteiger partial charge in [0.15, 0.2) is 0 Å². The van der Waals surface area contributed by atoms with Gasteiger partial charge in [-0.1, -0.05) is 6.92 Å². The molecule has 4 atom stereocenters. The third kappa shape index (κ3) is 2.26. The van der Waals surface area contributed by atoms with Gasteiger partial charge in [0.05, 0.1) is 24.7 Å². The summed E-state index contributed by atoms with van der Waals surface area (Å²) in [6.45, 7) is 4.01. The summed E-state index contributed by atoms with van der Waals surface area (Å²) >= 11 is 0. The number of aliphatic carboxylic acids is 1. The van der Waals surface area contributed by atoms with Gasteiger partial charge in [-0.2, -0.15) is 0 Å². The van der Waals surface area contributed by atoms with Gasteiger partial charge in [-0.15, -0.1) is 0 Å². The van der Waals surface area contributed by atoms with E-state index >= 15 is 0 Å². The first-order chi connectivity index (χ1) is 9.58. The van der Waals surface area contributed by atoms with Crippen molar-refractivity contribution in [1.29, 1.82) is 0 Å². The molecule has 6 nitrogen and oxygen atoms in total. The number of carboxylic acids is 1. The number of nitrogens with zero attached hydrogens (tertiary/aromatic N) is 2. The van der Waals surface area contributed by atoms with Crippen LogP contribution < -0.4 is 0 Å². The lowest BCUT2D eigenvalue weighted by Gasteiger charge is -2.39. The molecule has 1 N–H and O–H groups in total. The lowest BCUT2D eigenvalue weighted by molar-refractivity contribution is -0.142. The smallest absolute Gasteiger partial charge is 0.320 e. The topological polar surface area (TPSA) is 70.1 Å². The van der Waals surface area contributed by atoms with E-state index in [2.05, 4.69) is 0 Å². The van der Waals surface area contributed by atoms with E-state index < -0.39 is 11.9 Å². The van der Waals surface area contributed by atoms with Crippen LogP contribution in [0.3, 0.4) is 0 Å². The Labute approximate surface area is 118 Å². The van der Waals surface area contributed by atoms with E-state index in [4.69, 9.17) is 4.74 Å². The van der Waals surface area contributed by atoms with Crippen molar-refractivity contribution in [2.45, 2.75) is 38.3 Å². The molecule has 1 aliphatic carbocycles. The second-order valence-corrected chi connectivity index (χ2v) is 6.21. The average Bonchev–Trinajstić information content (AvgIpc) is 3.03. The number of hydrogen-bond acceptors (Lipinski definition) is 3. The minimum atomic E-state index is -0.798. The van der Waals surface area contributed by atoms with Gasteiger partial charge < -0.3 is 19.6 Å². The lowest BCUT2D eigenvalue weighted by Crippen LogP contribution is -2.55. The van der Waals surface area contributed by atoms with E-state index in [1.807, 2.05) is 11.8 Å². The standard InChI is InChI=1S/C14H22N2O4/c1-9-7-15(8-10(9)13(17)18)14(19)16-5-6-20-12-4-2-3-11(12)16/h9-12H,2-8H2,1H3,(H,17,18)/t9-,10-,11?,12?/m1/s1. The Morgan fingerprint density at radius 3 is 2.75 bits per heavy atom. The van der Waals surface area contributed by atoms with E-state index in [-0.39, 0.29) is 24.1 Å². The van der Waals surface area contributed by atoms with Crippen molar-refractivity contribution in [2.24, 2.45) is 11.8 Å². The Morgan fingerprint density at radius 1 is 1.25 bits per heavy atom. The minimum Gasteiger partial charge on any atom is -0.481 e. The van der Waals surface area contributed by atoms with Crippen molar-refractivity contribution < 1.29 is 19.4 Å². The molecule has 1 saturated carbocycles. The van der Waals surface area contributed by atoms with Crippen molar-refractivity contribution in [2.75, 3.05) is 26.2 Å². The van der Waals surface area contributed by atoms with Crippen LogP contribution in [0.2, 0.25) is 0 Å². The van der Waals surface area contributed by atoms with Crippen LogP contribution in [0, 0.1) is 11.8 Å². The Morgan fingerprint density at radius 2 is 2.05 bits per heavy atom. The highest BCUT2D eigenvalue weighted by molar-refractivity contribution is 5.78. The first-order valence-electron chi connectivity index (χ1n) is 7.48. The van der Waals surface area contributed by atoms with Crippen LogP contribution >= 0.6 is 0 Å². The number of likely N-dealkylation sites (tertiary alicyclic amines) is 1. The fourth-order valence-corrected chi connectivity index (χ4v) is 3.79. The first-order valence-corrected chi connectivity index (χ1v) is 7.48. The molecule has 20 heavy (non-hydrogen) atoms. The summed E-state index contributed by atoms with van der Waals surface area (Å²) in [6.07, 6.45) is 3.32. The van der Waals surface area contributed by atoms with E-state index in [1.165, 1.54) is 0 Å². The summed E-state index contributed by atoms with van der Waals surface area (Å²) in [5, 5.41) is 9.17. The molecule has 2 amide bonds. The quantitative estimate of drug-likeness (QED) is 0.779. The van der Waals surface area contributed by atoms with Crippen molar-refractivity contribution >= 4 is 12.0 Å². The zero-order valence-electron chi connectivity index (χ0n) is 11.8. The predicted octanol–water partition coefficient (Wildman–Crippen LogP) is 1.01. The highest BCUT2D eigenvalue weighted by Gasteiger charge is 2.43. The molecule has 3 aliphatic rings. The van der Waals surface area contributed by atoms with Crippen molar-refractivity contribution in [1.82, 2.24) is 9.80 Å². The Balaban J connectivity index is 1.68. The van der Waals surface area contributed by atoms with Gasteiger partial charge in [0.2, 0.25) is 0 Å². The molecule has 0 aromatic rings. The number of urea groups is 1. The highest BCUT2D eigenvalue weighted by atomic mass is 16.5. The molecule has 3 fully saturated rings. The second kappa shape index (κ2) is 5.24. The lowest BCUT2D eigenvalue weighted by atomic mass is 9.99. The molecule has 6 heteroatoms. The number of amides is 2. The van der Waals surface area contributed by atoms with Crippen LogP contribution in [0.1, 0.15) is 26.2 Å². The Bertz CT molecular complexity index is 414. The number of ether oxygens (including phenoxy) is 1. The van der Waals surface area contributed by atoms with Crippen LogP contribution in [-0.4, -0.2) is 65.3 Å². The van der Waals surface area contributed by atoms with Gasteiger partial charge >= 0.3 is 12.0 Å². The van der Waals surface area contributed by atoms with Crippen molar-refractivity contribution in [3.63, 3.8) is 0 Å². The Hall–Kier alpha value is -1.30. The summed E-state index contributed by atoms with van der Waals surface area (Å²) in [7, 11) is 0. The fraction of sp³-hybridized carbons (Fsp3) is 0.857. The number of rotatable bonds is 1. The zero-order valence-corrected chi connectivity index (χ0v) is 11.8. The zero-order chi connectivity index (χ0) is 14.3. The third-order valence-corrected chi connectivity index (χ3v) is 4.93. The number of fused-ring (bicyclic) bond motifs is 1. The molecule has 3 rings (SSSR count). The first kappa shape index (κ1) is 13.7. The Kier molecular flexibility index (Phi) is 3.58. The second-order valence-electron chi connectivity index (χ2n) is 6.21. The van der Waals surface area contributed by atoms with E-state index in [0.717, 1.165) is 19.3 Å². The molecule has 2 unspecified atom stereocenters. The van der Waals surface area contributed by atoms with Gasteiger partial charge in [0, 0.05) is 19.6 Å². The van der Waals surface area contributed by atoms with Gasteiger partial charge in [-0.05, 0) is 25.2 Å². The number of hydrogen-bond donors (Lipinski definition) is 1. The maximum Gasteiger partial charge on any atom is 0.320 e. The molecule has 112 valence electrons. The molecule has 0 radical (unpaired) electrons. The molecular formula is C14H22N2O4. The normalized spacial score (nSPS) is 37.0. The van der Waals surface area contributed by atoms with Gasteiger partial charge in [-0.25, -0.2) is 4.79 Å². The summed E-state index contributed by atoms with van der Waals surface area (Å²) in [4.78, 5) is 27.5. The largest absolute Gasteiger partial charge is 0.481 e. The average molecular weight is 282 g/mol. The maximum absolute atomic E-state index is 12.7. The van der Waals surface area contributed by atoms with Crippen LogP contribution in [0.15, 0.2) is 0 Å². The van der Waals surface area contributed by atoms with Crippen LogP contribution in [0.4, 0.5) is 4.79 Å². The third-order valence-electron chi connectivity index (χ3n) is 4.93. The summed E-state index contributed by atoms with van der Waals surface area (Å²) in [5.74, 6) is -1.20. The maximum atomic E-state index is 12.7. The summed E-state index contributed by atoms with van der Waals surface area (Å²) in [6, 6.07) is 0.191. The molecule has 2 aliphatic heterocycles. The number of morpholine rings is 1. The van der Waals surface area contributed by atoms with Gasteiger partial charge in [0.25, 0.3) is 0 Å². The van der Waals surface area contributed by atoms with Crippen LogP contribution in [0.5, 0.6) is 0 Å². The van der Waals surface area contributed by atoms with E-state index in [1.54, 1.807) is 4.90 Å². The predicted molar refractivity (Wildman–Crippen MR) is 71.3 cm³/mol. The van der Waals surface area contributed by atoms with Gasteiger partial charge in [-0.3, -0.25) is 4.79 Å². The summed E-state index contributed by atoms with van der Waals surface area (Å²) in [5.41, 5.74) is 0. The van der Waals surface area contributed by atoms with E-state index in [0.29, 0.717) is 26.2 Å². The molecular weight excluding hydrogens is 260 g/mol. The number of carbonyl (C=O) groups is 2. The molecule has 2 saturated heterocycles.